The van der Waals surface area contributed by atoms with Gasteiger partial charge in [0.05, 0.1) is 30.2 Å². The Bertz CT molecular complexity index is 752. The van der Waals surface area contributed by atoms with Crippen molar-refractivity contribution in [3.8, 4) is 28.6 Å². The number of aromatic nitrogens is 2. The first kappa shape index (κ1) is 13.1. The highest BCUT2D eigenvalue weighted by molar-refractivity contribution is 5.78. The molecule has 0 fully saturated rings. The Morgan fingerprint density at radius 2 is 1.52 bits per heavy atom. The SMILES string of the molecule is N#CCCn1cnc(-c2ccccc2)c1-c1ccccc1. The van der Waals surface area contributed by atoms with Gasteiger partial charge in [-0.1, -0.05) is 60.7 Å². The fourth-order valence-electron chi connectivity index (χ4n) is 2.43. The van der Waals surface area contributed by atoms with Crippen LogP contribution in [-0.4, -0.2) is 9.55 Å². The molecule has 3 rings (SSSR count). The molecule has 1 heterocycles. The summed E-state index contributed by atoms with van der Waals surface area (Å²) in [5.41, 5.74) is 4.23. The zero-order chi connectivity index (χ0) is 14.5. The number of imidazole rings is 1. The summed E-state index contributed by atoms with van der Waals surface area (Å²) < 4.78 is 2.06. The van der Waals surface area contributed by atoms with Crippen LogP contribution in [0.1, 0.15) is 6.42 Å². The first-order valence-corrected chi connectivity index (χ1v) is 6.93. The van der Waals surface area contributed by atoms with Gasteiger partial charge in [-0.05, 0) is 0 Å². The van der Waals surface area contributed by atoms with Gasteiger partial charge in [-0.3, -0.25) is 0 Å². The van der Waals surface area contributed by atoms with E-state index in [1.807, 2.05) is 42.7 Å². The maximum absolute atomic E-state index is 8.83. The predicted octanol–water partition coefficient (Wildman–Crippen LogP) is 4.13. The van der Waals surface area contributed by atoms with Gasteiger partial charge in [0.2, 0.25) is 0 Å². The number of nitrogens with zero attached hydrogens (tertiary/aromatic N) is 3. The molecule has 0 amide bonds. The van der Waals surface area contributed by atoms with Gasteiger partial charge in [0, 0.05) is 17.7 Å². The van der Waals surface area contributed by atoms with Crippen molar-refractivity contribution in [3.05, 3.63) is 67.0 Å². The number of nitriles is 1. The second-order valence-corrected chi connectivity index (χ2v) is 4.78. The summed E-state index contributed by atoms with van der Waals surface area (Å²) in [6.07, 6.45) is 2.30. The lowest BCUT2D eigenvalue weighted by atomic mass is 10.0. The molecular formula is C18H15N3. The van der Waals surface area contributed by atoms with Crippen molar-refractivity contribution in [1.29, 1.82) is 5.26 Å². The van der Waals surface area contributed by atoms with Crippen LogP contribution in [0.5, 0.6) is 0 Å². The predicted molar refractivity (Wildman–Crippen MR) is 83.3 cm³/mol. The highest BCUT2D eigenvalue weighted by Crippen LogP contribution is 2.31. The summed E-state index contributed by atoms with van der Waals surface area (Å²) in [4.78, 5) is 4.57. The molecule has 2 aromatic carbocycles. The third-order valence-electron chi connectivity index (χ3n) is 3.40. The Morgan fingerprint density at radius 1 is 0.905 bits per heavy atom. The largest absolute Gasteiger partial charge is 0.329 e. The van der Waals surface area contributed by atoms with E-state index < -0.39 is 0 Å². The number of hydrogen-bond acceptors (Lipinski definition) is 2. The summed E-state index contributed by atoms with van der Waals surface area (Å²) >= 11 is 0. The summed E-state index contributed by atoms with van der Waals surface area (Å²) in [6.45, 7) is 0.653. The number of benzene rings is 2. The van der Waals surface area contributed by atoms with Crippen LogP contribution in [0, 0.1) is 11.3 Å². The molecular weight excluding hydrogens is 258 g/mol. The normalized spacial score (nSPS) is 10.2. The molecule has 3 aromatic rings. The Hall–Kier alpha value is -2.86. The summed E-state index contributed by atoms with van der Waals surface area (Å²) in [5, 5.41) is 8.83. The van der Waals surface area contributed by atoms with E-state index in [9.17, 15) is 0 Å². The third-order valence-corrected chi connectivity index (χ3v) is 3.40. The molecule has 3 heteroatoms. The molecule has 21 heavy (non-hydrogen) atoms. The van der Waals surface area contributed by atoms with Crippen molar-refractivity contribution in [1.82, 2.24) is 9.55 Å². The Labute approximate surface area is 124 Å². The van der Waals surface area contributed by atoms with Crippen molar-refractivity contribution < 1.29 is 0 Å². The van der Waals surface area contributed by atoms with Crippen LogP contribution in [0.15, 0.2) is 67.0 Å². The zero-order valence-electron chi connectivity index (χ0n) is 11.6. The summed E-state index contributed by atoms with van der Waals surface area (Å²) in [7, 11) is 0. The van der Waals surface area contributed by atoms with Gasteiger partial charge in [-0.15, -0.1) is 0 Å². The lowest BCUT2D eigenvalue weighted by Gasteiger charge is -2.09. The van der Waals surface area contributed by atoms with E-state index in [1.165, 1.54) is 0 Å². The quantitative estimate of drug-likeness (QED) is 0.717. The Balaban J connectivity index is 2.13. The maximum atomic E-state index is 8.83. The molecule has 102 valence electrons. The first-order chi connectivity index (χ1) is 10.4. The molecule has 0 radical (unpaired) electrons. The molecule has 0 aliphatic carbocycles. The monoisotopic (exact) mass is 273 g/mol. The van der Waals surface area contributed by atoms with Gasteiger partial charge in [0.25, 0.3) is 0 Å². The number of rotatable bonds is 4. The minimum Gasteiger partial charge on any atom is -0.329 e. The van der Waals surface area contributed by atoms with E-state index in [0.29, 0.717) is 13.0 Å². The molecule has 0 spiro atoms. The second kappa shape index (κ2) is 6.06. The maximum Gasteiger partial charge on any atom is 0.0963 e. The molecule has 0 aliphatic heterocycles. The lowest BCUT2D eigenvalue weighted by molar-refractivity contribution is 0.721. The molecule has 0 saturated heterocycles. The third kappa shape index (κ3) is 2.70. The van der Waals surface area contributed by atoms with Gasteiger partial charge in [-0.25, -0.2) is 4.98 Å². The van der Waals surface area contributed by atoms with E-state index >= 15 is 0 Å². The molecule has 0 atom stereocenters. The fourth-order valence-corrected chi connectivity index (χ4v) is 2.43. The average Bonchev–Trinajstić information content (AvgIpc) is 2.98. The molecule has 0 bridgehead atoms. The van der Waals surface area contributed by atoms with Crippen molar-refractivity contribution >= 4 is 0 Å². The van der Waals surface area contributed by atoms with Crippen LogP contribution in [0.2, 0.25) is 0 Å². The first-order valence-electron chi connectivity index (χ1n) is 6.93. The van der Waals surface area contributed by atoms with Gasteiger partial charge in [0.1, 0.15) is 0 Å². The van der Waals surface area contributed by atoms with Crippen LogP contribution < -0.4 is 0 Å². The van der Waals surface area contributed by atoms with Crippen LogP contribution in [0.3, 0.4) is 0 Å². The molecule has 0 aliphatic rings. The van der Waals surface area contributed by atoms with Gasteiger partial charge in [0.15, 0.2) is 0 Å². The molecule has 0 N–H and O–H groups in total. The highest BCUT2D eigenvalue weighted by Gasteiger charge is 2.14. The Kier molecular flexibility index (Phi) is 3.79. The molecule has 1 aromatic heterocycles. The van der Waals surface area contributed by atoms with Crippen LogP contribution in [-0.2, 0) is 6.54 Å². The van der Waals surface area contributed by atoms with E-state index in [0.717, 1.165) is 22.5 Å². The van der Waals surface area contributed by atoms with Crippen molar-refractivity contribution in [3.63, 3.8) is 0 Å². The van der Waals surface area contributed by atoms with Gasteiger partial charge >= 0.3 is 0 Å². The zero-order valence-corrected chi connectivity index (χ0v) is 11.6. The van der Waals surface area contributed by atoms with Crippen molar-refractivity contribution in [2.45, 2.75) is 13.0 Å². The lowest BCUT2D eigenvalue weighted by Crippen LogP contribution is -1.98. The number of aryl methyl sites for hydroxylation is 1. The average molecular weight is 273 g/mol. The minimum absolute atomic E-state index is 0.477. The van der Waals surface area contributed by atoms with Crippen molar-refractivity contribution in [2.75, 3.05) is 0 Å². The van der Waals surface area contributed by atoms with Crippen LogP contribution >= 0.6 is 0 Å². The standard InChI is InChI=1S/C18H15N3/c19-12-7-13-21-14-20-17(15-8-3-1-4-9-15)18(21)16-10-5-2-6-11-16/h1-6,8-11,14H,7,13H2. The highest BCUT2D eigenvalue weighted by atomic mass is 15.1. The second-order valence-electron chi connectivity index (χ2n) is 4.78. The smallest absolute Gasteiger partial charge is 0.0963 e. The van der Waals surface area contributed by atoms with Crippen LogP contribution in [0.4, 0.5) is 0 Å². The fraction of sp³-hybridized carbons (Fsp3) is 0.111. The van der Waals surface area contributed by atoms with Crippen molar-refractivity contribution in [2.24, 2.45) is 0 Å². The molecule has 0 unspecified atom stereocenters. The van der Waals surface area contributed by atoms with E-state index in [4.69, 9.17) is 5.26 Å². The molecule has 0 saturated carbocycles. The van der Waals surface area contributed by atoms with Gasteiger partial charge in [-0.2, -0.15) is 5.26 Å². The van der Waals surface area contributed by atoms with E-state index in [-0.39, 0.29) is 0 Å². The van der Waals surface area contributed by atoms with E-state index in [1.54, 1.807) is 0 Å². The van der Waals surface area contributed by atoms with E-state index in [2.05, 4.69) is 39.9 Å². The number of hydrogen-bond donors (Lipinski definition) is 0. The Morgan fingerprint density at radius 3 is 2.14 bits per heavy atom. The summed E-state index contributed by atoms with van der Waals surface area (Å²) in [5.74, 6) is 0. The summed E-state index contributed by atoms with van der Waals surface area (Å²) in [6, 6.07) is 22.5. The molecule has 3 nitrogen and oxygen atoms in total. The topological polar surface area (TPSA) is 41.6 Å². The minimum atomic E-state index is 0.477. The van der Waals surface area contributed by atoms with Gasteiger partial charge < -0.3 is 4.57 Å². The van der Waals surface area contributed by atoms with Crippen LogP contribution in [0.25, 0.3) is 22.5 Å².